The first-order valence-electron chi connectivity index (χ1n) is 8.37. The molecule has 2 heterocycles. The van der Waals surface area contributed by atoms with E-state index >= 15 is 0 Å². The second-order valence-corrected chi connectivity index (χ2v) is 6.63. The maximum atomic E-state index is 3.48. The third-order valence-corrected chi connectivity index (χ3v) is 5.07. The highest BCUT2D eigenvalue weighted by Crippen LogP contribution is 2.23. The second kappa shape index (κ2) is 7.24. The van der Waals surface area contributed by atoms with Gasteiger partial charge in [-0.25, -0.2) is 0 Å². The summed E-state index contributed by atoms with van der Waals surface area (Å²) < 4.78 is 0. The maximum Gasteiger partial charge on any atom is 0.00223 e. The van der Waals surface area contributed by atoms with Gasteiger partial charge in [0.15, 0.2) is 0 Å². The van der Waals surface area contributed by atoms with Gasteiger partial charge in [-0.15, -0.1) is 0 Å². The Morgan fingerprint density at radius 3 is 2.50 bits per heavy atom. The van der Waals surface area contributed by atoms with E-state index in [9.17, 15) is 0 Å². The number of likely N-dealkylation sites (tertiary alicyclic amines) is 1. The molecule has 1 aromatic rings. The summed E-state index contributed by atoms with van der Waals surface area (Å²) in [6.45, 7) is 6.47. The Morgan fingerprint density at radius 1 is 1.00 bits per heavy atom. The van der Waals surface area contributed by atoms with Crippen LogP contribution in [0.25, 0.3) is 0 Å². The van der Waals surface area contributed by atoms with Crippen LogP contribution in [-0.4, -0.2) is 37.6 Å². The molecule has 2 nitrogen and oxygen atoms in total. The molecule has 1 aromatic carbocycles. The van der Waals surface area contributed by atoms with Gasteiger partial charge in [0.1, 0.15) is 0 Å². The molecule has 2 saturated heterocycles. The average Bonchev–Trinajstić information content (AvgIpc) is 3.01. The summed E-state index contributed by atoms with van der Waals surface area (Å²) in [5.41, 5.74) is 1.51. The molecule has 2 fully saturated rings. The van der Waals surface area contributed by atoms with Gasteiger partial charge in [-0.3, -0.25) is 0 Å². The number of hydrogen-bond acceptors (Lipinski definition) is 2. The number of benzene rings is 1. The van der Waals surface area contributed by atoms with Crippen LogP contribution in [0.1, 0.15) is 31.2 Å². The third kappa shape index (κ3) is 4.07. The van der Waals surface area contributed by atoms with E-state index in [0.29, 0.717) is 0 Å². The summed E-state index contributed by atoms with van der Waals surface area (Å²) in [4.78, 5) is 2.71. The zero-order valence-electron chi connectivity index (χ0n) is 12.6. The van der Waals surface area contributed by atoms with Crippen molar-refractivity contribution in [2.24, 2.45) is 11.8 Å². The number of hydrogen-bond donors (Lipinski definition) is 1. The minimum Gasteiger partial charge on any atom is -0.316 e. The van der Waals surface area contributed by atoms with Crippen LogP contribution in [0, 0.1) is 11.8 Å². The Kier molecular flexibility index (Phi) is 5.10. The molecular weight excluding hydrogens is 244 g/mol. The van der Waals surface area contributed by atoms with Gasteiger partial charge in [0.05, 0.1) is 0 Å². The summed E-state index contributed by atoms with van der Waals surface area (Å²) in [6.07, 6.45) is 6.84. The fraction of sp³-hybridized carbons (Fsp3) is 0.667. The maximum absolute atomic E-state index is 3.48. The van der Waals surface area contributed by atoms with Crippen molar-refractivity contribution in [3.63, 3.8) is 0 Å². The molecule has 1 unspecified atom stereocenters. The molecule has 1 atom stereocenters. The lowest BCUT2D eigenvalue weighted by atomic mass is 9.90. The van der Waals surface area contributed by atoms with Crippen LogP contribution in [0.2, 0.25) is 0 Å². The number of nitrogens with zero attached hydrogens (tertiary/aromatic N) is 1. The predicted molar refractivity (Wildman–Crippen MR) is 84.9 cm³/mol. The molecule has 3 rings (SSSR count). The van der Waals surface area contributed by atoms with Gasteiger partial charge in [-0.1, -0.05) is 30.3 Å². The van der Waals surface area contributed by atoms with Crippen molar-refractivity contribution in [3.05, 3.63) is 35.9 Å². The number of piperidine rings is 1. The Labute approximate surface area is 123 Å². The topological polar surface area (TPSA) is 15.3 Å². The lowest BCUT2D eigenvalue weighted by Crippen LogP contribution is -2.37. The van der Waals surface area contributed by atoms with Crippen LogP contribution in [0.3, 0.4) is 0 Å². The Morgan fingerprint density at radius 2 is 1.80 bits per heavy atom. The summed E-state index contributed by atoms with van der Waals surface area (Å²) in [6, 6.07) is 11.0. The van der Waals surface area contributed by atoms with Gasteiger partial charge in [0.2, 0.25) is 0 Å². The van der Waals surface area contributed by atoms with Crippen LogP contribution >= 0.6 is 0 Å². The summed E-state index contributed by atoms with van der Waals surface area (Å²) in [7, 11) is 0. The Hall–Kier alpha value is -0.860. The predicted octanol–water partition coefficient (Wildman–Crippen LogP) is 2.94. The Bertz CT molecular complexity index is 376. The minimum absolute atomic E-state index is 0.913. The van der Waals surface area contributed by atoms with Gasteiger partial charge < -0.3 is 10.2 Å². The van der Waals surface area contributed by atoms with Crippen molar-refractivity contribution in [3.8, 4) is 0 Å². The summed E-state index contributed by atoms with van der Waals surface area (Å²) in [5.74, 6) is 1.86. The van der Waals surface area contributed by atoms with Crippen LogP contribution in [0.4, 0.5) is 0 Å². The molecule has 20 heavy (non-hydrogen) atoms. The van der Waals surface area contributed by atoms with Crippen molar-refractivity contribution in [1.29, 1.82) is 0 Å². The van der Waals surface area contributed by atoms with Gasteiger partial charge >= 0.3 is 0 Å². The molecule has 2 aliphatic rings. The fourth-order valence-electron chi connectivity index (χ4n) is 3.71. The fourth-order valence-corrected chi connectivity index (χ4v) is 3.71. The van der Waals surface area contributed by atoms with E-state index in [1.807, 2.05) is 0 Å². The van der Waals surface area contributed by atoms with Crippen LogP contribution in [0.15, 0.2) is 30.3 Å². The second-order valence-electron chi connectivity index (χ2n) is 6.63. The molecule has 0 spiro atoms. The Balaban J connectivity index is 1.35. The monoisotopic (exact) mass is 272 g/mol. The van der Waals surface area contributed by atoms with E-state index in [1.54, 1.807) is 0 Å². The smallest absolute Gasteiger partial charge is 0.00223 e. The molecule has 0 aromatic heterocycles. The number of aryl methyl sites for hydroxylation is 1. The van der Waals surface area contributed by atoms with Crippen LogP contribution in [-0.2, 0) is 6.42 Å². The van der Waals surface area contributed by atoms with Gasteiger partial charge in [-0.2, -0.15) is 0 Å². The number of nitrogens with one attached hydrogen (secondary N) is 1. The van der Waals surface area contributed by atoms with Gasteiger partial charge in [-0.05, 0) is 75.7 Å². The first-order valence-corrected chi connectivity index (χ1v) is 8.37. The van der Waals surface area contributed by atoms with Crippen LogP contribution < -0.4 is 5.32 Å². The van der Waals surface area contributed by atoms with Crippen molar-refractivity contribution in [2.45, 2.75) is 32.1 Å². The molecular formula is C18H28N2. The molecule has 1 N–H and O–H groups in total. The molecule has 0 bridgehead atoms. The molecule has 2 aliphatic heterocycles. The van der Waals surface area contributed by atoms with E-state index in [2.05, 4.69) is 40.5 Å². The highest BCUT2D eigenvalue weighted by molar-refractivity contribution is 5.14. The summed E-state index contributed by atoms with van der Waals surface area (Å²) >= 11 is 0. The zero-order valence-corrected chi connectivity index (χ0v) is 12.6. The zero-order chi connectivity index (χ0) is 13.6. The van der Waals surface area contributed by atoms with E-state index in [4.69, 9.17) is 0 Å². The van der Waals surface area contributed by atoms with E-state index in [-0.39, 0.29) is 0 Å². The van der Waals surface area contributed by atoms with E-state index in [1.165, 1.54) is 70.4 Å². The SMILES string of the molecule is c1ccc(CCC2CCN(CC3CCNC3)CC2)cc1. The number of rotatable bonds is 5. The normalized spacial score (nSPS) is 25.1. The van der Waals surface area contributed by atoms with Gasteiger partial charge in [0.25, 0.3) is 0 Å². The lowest BCUT2D eigenvalue weighted by molar-refractivity contribution is 0.160. The molecule has 0 aliphatic carbocycles. The first kappa shape index (κ1) is 14.1. The standard InChI is InChI=1S/C18H28N2/c1-2-4-16(5-3-1)6-7-17-9-12-20(13-10-17)15-18-8-11-19-14-18/h1-5,17-19H,6-15H2. The summed E-state index contributed by atoms with van der Waals surface area (Å²) in [5, 5.41) is 3.48. The van der Waals surface area contributed by atoms with Crippen molar-refractivity contribution in [2.75, 3.05) is 32.7 Å². The van der Waals surface area contributed by atoms with Crippen LogP contribution in [0.5, 0.6) is 0 Å². The molecule has 0 amide bonds. The quantitative estimate of drug-likeness (QED) is 0.886. The molecule has 0 saturated carbocycles. The van der Waals surface area contributed by atoms with Gasteiger partial charge in [0, 0.05) is 6.54 Å². The highest BCUT2D eigenvalue weighted by Gasteiger charge is 2.23. The largest absolute Gasteiger partial charge is 0.316 e. The van der Waals surface area contributed by atoms with E-state index < -0.39 is 0 Å². The average molecular weight is 272 g/mol. The van der Waals surface area contributed by atoms with Crippen molar-refractivity contribution >= 4 is 0 Å². The third-order valence-electron chi connectivity index (χ3n) is 5.07. The lowest BCUT2D eigenvalue weighted by Gasteiger charge is -2.33. The highest BCUT2D eigenvalue weighted by atomic mass is 15.1. The van der Waals surface area contributed by atoms with Crippen molar-refractivity contribution in [1.82, 2.24) is 10.2 Å². The minimum atomic E-state index is 0.913. The first-order chi connectivity index (χ1) is 9.90. The molecule has 0 radical (unpaired) electrons. The molecule has 2 heteroatoms. The van der Waals surface area contributed by atoms with Crippen molar-refractivity contribution < 1.29 is 0 Å². The molecule has 110 valence electrons. The van der Waals surface area contributed by atoms with E-state index in [0.717, 1.165) is 11.8 Å².